The van der Waals surface area contributed by atoms with Crippen molar-refractivity contribution in [3.63, 3.8) is 0 Å². The fraction of sp³-hybridized carbons (Fsp3) is 0.316. The third-order valence-electron chi connectivity index (χ3n) is 4.14. The van der Waals surface area contributed by atoms with Crippen molar-refractivity contribution in [2.45, 2.75) is 39.2 Å². The van der Waals surface area contributed by atoms with E-state index in [1.807, 2.05) is 39.8 Å². The van der Waals surface area contributed by atoms with Crippen molar-refractivity contribution in [3.05, 3.63) is 64.7 Å². The van der Waals surface area contributed by atoms with Crippen molar-refractivity contribution in [2.24, 2.45) is 0 Å². The molecular weight excluding hydrogens is 332 g/mol. The molecule has 0 aliphatic heterocycles. The van der Waals surface area contributed by atoms with Gasteiger partial charge in [-0.3, -0.25) is 0 Å². The van der Waals surface area contributed by atoms with Gasteiger partial charge in [0, 0.05) is 12.7 Å². The second-order valence-corrected chi connectivity index (χ2v) is 6.58. The first-order valence-corrected chi connectivity index (χ1v) is 8.91. The van der Waals surface area contributed by atoms with E-state index in [0.717, 1.165) is 43.6 Å². The lowest BCUT2D eigenvalue weighted by atomic mass is 10.1. The first-order chi connectivity index (χ1) is 12.1. The minimum Gasteiger partial charge on any atom is -0.505 e. The van der Waals surface area contributed by atoms with Gasteiger partial charge in [0.2, 0.25) is 0 Å². The lowest BCUT2D eigenvalue weighted by Gasteiger charge is -2.07. The number of benzene rings is 1. The average molecular weight is 354 g/mol. The summed E-state index contributed by atoms with van der Waals surface area (Å²) < 4.78 is 4.25. The number of unbranched alkanes of at least 4 members (excludes halogenated alkanes) is 2. The SMILES string of the molecule is Cc1cccc(-n2cc(CCCCCn3cccc(O)c3=S)nn2)c1. The molecule has 0 aliphatic rings. The maximum atomic E-state index is 9.62. The Morgan fingerprint density at radius 2 is 2.00 bits per heavy atom. The van der Waals surface area contributed by atoms with Crippen LogP contribution in [0.25, 0.3) is 5.69 Å². The number of nitrogens with zero attached hydrogens (tertiary/aromatic N) is 4. The van der Waals surface area contributed by atoms with Crippen molar-refractivity contribution >= 4 is 12.2 Å². The summed E-state index contributed by atoms with van der Waals surface area (Å²) in [6.45, 7) is 2.89. The van der Waals surface area contributed by atoms with E-state index in [0.29, 0.717) is 4.64 Å². The Hall–Kier alpha value is -2.47. The Kier molecular flexibility index (Phi) is 5.60. The second kappa shape index (κ2) is 8.07. The minimum absolute atomic E-state index is 0.172. The molecule has 0 radical (unpaired) electrons. The van der Waals surface area contributed by atoms with E-state index in [-0.39, 0.29) is 5.75 Å². The highest BCUT2D eigenvalue weighted by Gasteiger charge is 2.03. The molecule has 0 unspecified atom stereocenters. The van der Waals surface area contributed by atoms with Gasteiger partial charge in [0.05, 0.1) is 17.6 Å². The summed E-state index contributed by atoms with van der Waals surface area (Å²) in [6.07, 6.45) is 7.98. The Morgan fingerprint density at radius 3 is 2.84 bits per heavy atom. The van der Waals surface area contributed by atoms with Crippen molar-refractivity contribution in [1.29, 1.82) is 0 Å². The Bertz CT molecular complexity index is 900. The number of aromatic nitrogens is 4. The Balaban J connectivity index is 1.47. The van der Waals surface area contributed by atoms with Gasteiger partial charge in [-0.25, -0.2) is 4.68 Å². The number of pyridine rings is 1. The largest absolute Gasteiger partial charge is 0.505 e. The molecule has 1 N–H and O–H groups in total. The molecule has 6 heteroatoms. The summed E-state index contributed by atoms with van der Waals surface area (Å²) in [4.78, 5) is 0. The van der Waals surface area contributed by atoms with Gasteiger partial charge in [-0.05, 0) is 56.0 Å². The summed E-state index contributed by atoms with van der Waals surface area (Å²) in [5.74, 6) is 0.172. The van der Waals surface area contributed by atoms with Gasteiger partial charge in [-0.1, -0.05) is 36.0 Å². The highest BCUT2D eigenvalue weighted by Crippen LogP contribution is 2.13. The van der Waals surface area contributed by atoms with E-state index in [9.17, 15) is 5.11 Å². The minimum atomic E-state index is 0.172. The van der Waals surface area contributed by atoms with Crippen LogP contribution in [-0.2, 0) is 13.0 Å². The topological polar surface area (TPSA) is 55.9 Å². The molecule has 3 aromatic rings. The lowest BCUT2D eigenvalue weighted by molar-refractivity contribution is 0.459. The van der Waals surface area contributed by atoms with E-state index in [1.54, 1.807) is 6.07 Å². The molecule has 0 fully saturated rings. The predicted molar refractivity (Wildman–Crippen MR) is 101 cm³/mol. The van der Waals surface area contributed by atoms with E-state index in [4.69, 9.17) is 12.2 Å². The lowest BCUT2D eigenvalue weighted by Crippen LogP contribution is -2.00. The number of aromatic hydroxyl groups is 1. The van der Waals surface area contributed by atoms with Gasteiger partial charge in [0.1, 0.15) is 10.4 Å². The third-order valence-corrected chi connectivity index (χ3v) is 4.58. The van der Waals surface area contributed by atoms with Gasteiger partial charge in [0.15, 0.2) is 0 Å². The van der Waals surface area contributed by atoms with Crippen LogP contribution in [-0.4, -0.2) is 24.7 Å². The first-order valence-electron chi connectivity index (χ1n) is 8.50. The van der Waals surface area contributed by atoms with Crippen LogP contribution in [0.2, 0.25) is 0 Å². The third kappa shape index (κ3) is 4.54. The van der Waals surface area contributed by atoms with Gasteiger partial charge >= 0.3 is 0 Å². The highest BCUT2D eigenvalue weighted by atomic mass is 32.1. The maximum absolute atomic E-state index is 9.62. The molecule has 0 saturated heterocycles. The average Bonchev–Trinajstić information content (AvgIpc) is 3.07. The summed E-state index contributed by atoms with van der Waals surface area (Å²) in [6, 6.07) is 11.7. The zero-order chi connectivity index (χ0) is 17.6. The zero-order valence-electron chi connectivity index (χ0n) is 14.3. The normalized spacial score (nSPS) is 10.9. The second-order valence-electron chi connectivity index (χ2n) is 6.20. The van der Waals surface area contributed by atoms with Gasteiger partial charge in [0.25, 0.3) is 0 Å². The molecule has 130 valence electrons. The van der Waals surface area contributed by atoms with E-state index < -0.39 is 0 Å². The molecule has 0 bridgehead atoms. The molecule has 0 aliphatic carbocycles. The Morgan fingerprint density at radius 1 is 1.12 bits per heavy atom. The number of hydrogen-bond donors (Lipinski definition) is 1. The molecule has 0 atom stereocenters. The molecule has 5 nitrogen and oxygen atoms in total. The molecule has 0 spiro atoms. The van der Waals surface area contributed by atoms with Crippen LogP contribution in [0.5, 0.6) is 5.75 Å². The van der Waals surface area contributed by atoms with Crippen LogP contribution < -0.4 is 0 Å². The van der Waals surface area contributed by atoms with E-state index >= 15 is 0 Å². The smallest absolute Gasteiger partial charge is 0.150 e. The molecule has 25 heavy (non-hydrogen) atoms. The van der Waals surface area contributed by atoms with Crippen molar-refractivity contribution in [3.8, 4) is 11.4 Å². The molecule has 0 saturated carbocycles. The molecule has 2 heterocycles. The maximum Gasteiger partial charge on any atom is 0.150 e. The van der Waals surface area contributed by atoms with Crippen molar-refractivity contribution in [2.75, 3.05) is 0 Å². The van der Waals surface area contributed by atoms with Crippen molar-refractivity contribution < 1.29 is 5.11 Å². The number of hydrogen-bond acceptors (Lipinski definition) is 4. The first kappa shape index (κ1) is 17.4. The van der Waals surface area contributed by atoms with Crippen LogP contribution in [0, 0.1) is 11.6 Å². The summed E-state index contributed by atoms with van der Waals surface area (Å²) >= 11 is 5.20. The Labute approximate surface area is 152 Å². The fourth-order valence-corrected chi connectivity index (χ4v) is 3.00. The fourth-order valence-electron chi connectivity index (χ4n) is 2.77. The molecular formula is C19H22N4OS. The summed E-state index contributed by atoms with van der Waals surface area (Å²) in [5.41, 5.74) is 3.26. The quantitative estimate of drug-likeness (QED) is 0.510. The van der Waals surface area contributed by atoms with Gasteiger partial charge in [-0.2, -0.15) is 0 Å². The van der Waals surface area contributed by atoms with E-state index in [2.05, 4.69) is 29.4 Å². The monoisotopic (exact) mass is 354 g/mol. The summed E-state index contributed by atoms with van der Waals surface area (Å²) in [7, 11) is 0. The molecule has 2 aromatic heterocycles. The zero-order valence-corrected chi connectivity index (χ0v) is 15.1. The van der Waals surface area contributed by atoms with Crippen LogP contribution in [0.4, 0.5) is 0 Å². The van der Waals surface area contributed by atoms with Crippen LogP contribution >= 0.6 is 12.2 Å². The number of aryl methyl sites for hydroxylation is 3. The van der Waals surface area contributed by atoms with Gasteiger partial charge < -0.3 is 9.67 Å². The molecule has 3 rings (SSSR count). The highest BCUT2D eigenvalue weighted by molar-refractivity contribution is 7.71. The molecule has 1 aromatic carbocycles. The van der Waals surface area contributed by atoms with Crippen molar-refractivity contribution in [1.82, 2.24) is 19.6 Å². The molecule has 0 amide bonds. The van der Waals surface area contributed by atoms with Gasteiger partial charge in [-0.15, -0.1) is 5.10 Å². The van der Waals surface area contributed by atoms with Crippen LogP contribution in [0.1, 0.15) is 30.5 Å². The predicted octanol–water partition coefficient (Wildman–Crippen LogP) is 4.23. The standard InChI is InChI=1S/C19H22N4OS/c1-15-7-5-9-17(13-15)23-14-16(20-21-23)8-3-2-4-11-22-12-6-10-18(24)19(22)25/h5-7,9-10,12-14,24H,2-4,8,11H2,1H3. The number of rotatable bonds is 7. The van der Waals surface area contributed by atoms with Crippen LogP contribution in [0.15, 0.2) is 48.8 Å². The van der Waals surface area contributed by atoms with E-state index in [1.165, 1.54) is 5.56 Å². The van der Waals surface area contributed by atoms with Crippen LogP contribution in [0.3, 0.4) is 0 Å². The summed E-state index contributed by atoms with van der Waals surface area (Å²) in [5, 5.41) is 18.1.